The number of carbonyl (C=O) groups excluding carboxylic acids is 3. The monoisotopic (exact) mass is 464 g/mol. The van der Waals surface area contributed by atoms with Crippen molar-refractivity contribution in [2.24, 2.45) is 28.6 Å². The lowest BCUT2D eigenvalue weighted by Gasteiger charge is -2.63. The van der Waals surface area contributed by atoms with Crippen molar-refractivity contribution >= 4 is 17.5 Å². The molecule has 4 aliphatic carbocycles. The summed E-state index contributed by atoms with van der Waals surface area (Å²) >= 11 is 0. The van der Waals surface area contributed by atoms with Gasteiger partial charge in [-0.2, -0.15) is 0 Å². The number of allylic oxidation sites excluding steroid dienone is 4. The summed E-state index contributed by atoms with van der Waals surface area (Å²) in [6.45, 7) is 8.52. The molecule has 33 heavy (non-hydrogen) atoms. The van der Waals surface area contributed by atoms with E-state index in [-0.39, 0.29) is 37.0 Å². The Labute approximate surface area is 193 Å². The highest BCUT2D eigenvalue weighted by atomic mass is 19.1. The number of hydrogen-bond donors (Lipinski definition) is 1. The van der Waals surface area contributed by atoms with E-state index in [0.717, 1.165) is 6.08 Å². The Morgan fingerprint density at radius 2 is 1.85 bits per heavy atom. The largest absolute Gasteiger partial charge is 0.450 e. The van der Waals surface area contributed by atoms with Gasteiger partial charge in [-0.25, -0.2) is 8.78 Å². The third kappa shape index (κ3) is 2.80. The molecule has 7 heteroatoms. The number of aliphatic hydroxyl groups is 1. The van der Waals surface area contributed by atoms with Gasteiger partial charge in [-0.3, -0.25) is 14.4 Å². The molecular weight excluding hydrogens is 430 g/mol. The normalized spacial score (nSPS) is 48.4. The minimum atomic E-state index is -2.22. The summed E-state index contributed by atoms with van der Waals surface area (Å²) in [4.78, 5) is 37.8. The van der Waals surface area contributed by atoms with Gasteiger partial charge < -0.3 is 9.84 Å². The summed E-state index contributed by atoms with van der Waals surface area (Å²) in [6.07, 6.45) is 1.03. The maximum Gasteiger partial charge on any atom is 0.306 e. The molecule has 182 valence electrons. The molecule has 3 saturated carbocycles. The van der Waals surface area contributed by atoms with E-state index in [0.29, 0.717) is 6.42 Å². The van der Waals surface area contributed by atoms with E-state index < -0.39 is 63.9 Å². The van der Waals surface area contributed by atoms with Crippen LogP contribution in [-0.4, -0.2) is 46.2 Å². The molecule has 0 aromatic carbocycles. The topological polar surface area (TPSA) is 80.7 Å². The number of fused-ring (bicyclic) bond motifs is 5. The number of aliphatic hydroxyl groups excluding tert-OH is 1. The van der Waals surface area contributed by atoms with Crippen LogP contribution < -0.4 is 0 Å². The minimum absolute atomic E-state index is 0.0655. The highest BCUT2D eigenvalue weighted by molar-refractivity contribution is 6.01. The lowest BCUT2D eigenvalue weighted by atomic mass is 9.44. The van der Waals surface area contributed by atoms with Crippen LogP contribution in [0.5, 0.6) is 0 Å². The van der Waals surface area contributed by atoms with Gasteiger partial charge in [-0.15, -0.1) is 0 Å². The van der Waals surface area contributed by atoms with Gasteiger partial charge in [-0.05, 0) is 49.8 Å². The minimum Gasteiger partial charge on any atom is -0.450 e. The van der Waals surface area contributed by atoms with E-state index in [1.165, 1.54) is 12.2 Å². The number of Topliss-reactive ketones (excluding diaryl/α,β-unsaturated/α-hetero) is 1. The smallest absolute Gasteiger partial charge is 0.306 e. The van der Waals surface area contributed by atoms with Gasteiger partial charge in [0.1, 0.15) is 6.17 Å². The Morgan fingerprint density at radius 1 is 1.18 bits per heavy atom. The van der Waals surface area contributed by atoms with E-state index in [1.807, 2.05) is 6.92 Å². The second-order valence-corrected chi connectivity index (χ2v) is 10.8. The highest BCUT2D eigenvalue weighted by Gasteiger charge is 2.77. The molecule has 5 nitrogen and oxygen atoms in total. The number of esters is 1. The van der Waals surface area contributed by atoms with Gasteiger partial charge in [0.15, 0.2) is 22.8 Å². The van der Waals surface area contributed by atoms with Gasteiger partial charge in [0.2, 0.25) is 0 Å². The molecule has 0 aromatic heterocycles. The molecule has 9 atom stereocenters. The van der Waals surface area contributed by atoms with E-state index in [4.69, 9.17) is 4.74 Å². The van der Waals surface area contributed by atoms with Crippen LogP contribution in [0.1, 0.15) is 66.7 Å². The van der Waals surface area contributed by atoms with Crippen molar-refractivity contribution in [3.8, 4) is 0 Å². The molecule has 4 rings (SSSR count). The van der Waals surface area contributed by atoms with Crippen LogP contribution in [-0.2, 0) is 19.1 Å². The molecule has 3 fully saturated rings. The zero-order chi connectivity index (χ0) is 24.6. The molecule has 0 aromatic rings. The molecule has 0 bridgehead atoms. The average molecular weight is 465 g/mol. The predicted molar refractivity (Wildman–Crippen MR) is 118 cm³/mol. The summed E-state index contributed by atoms with van der Waals surface area (Å²) in [5, 5.41) is 11.4. The number of ether oxygens (including phenoxy) is 1. The molecule has 0 heterocycles. The van der Waals surface area contributed by atoms with Crippen LogP contribution in [0.25, 0.3) is 0 Å². The van der Waals surface area contributed by atoms with Crippen LogP contribution in [0, 0.1) is 28.6 Å². The van der Waals surface area contributed by atoms with Crippen molar-refractivity contribution in [2.75, 3.05) is 0 Å². The Bertz CT molecular complexity index is 958. The Balaban J connectivity index is 1.88. The average Bonchev–Trinajstić information content (AvgIpc) is 2.98. The molecule has 0 aliphatic heterocycles. The molecule has 0 unspecified atom stereocenters. The third-order valence-corrected chi connectivity index (χ3v) is 9.47. The standard InChI is InChI=1S/C26H34F2O5/c1-6-20(30)26(33-22(32)7-2)14(3)10-16-17-12-19(27)18-11-15(29)8-9-23(18,4)25(17,28)21(31)13-24(16,26)5/h8-9,11,14,16-17,19,21,31H,6-7,10,12-13H2,1-5H3/t14-,16-,17-,19-,21-,23-,24-,25-,26-/m0/s1. The second-order valence-electron chi connectivity index (χ2n) is 10.8. The molecule has 0 amide bonds. The van der Waals surface area contributed by atoms with Crippen LogP contribution in [0.3, 0.4) is 0 Å². The van der Waals surface area contributed by atoms with Crippen molar-refractivity contribution < 1.29 is 33.0 Å². The summed E-state index contributed by atoms with van der Waals surface area (Å²) in [5.74, 6) is -2.95. The quantitative estimate of drug-likeness (QED) is 0.630. The number of rotatable bonds is 4. The molecular formula is C26H34F2O5. The first-order valence-corrected chi connectivity index (χ1v) is 12.0. The van der Waals surface area contributed by atoms with Crippen molar-refractivity contribution in [3.63, 3.8) is 0 Å². The zero-order valence-corrected chi connectivity index (χ0v) is 20.0. The van der Waals surface area contributed by atoms with E-state index >= 15 is 8.78 Å². The number of hydrogen-bond acceptors (Lipinski definition) is 5. The highest BCUT2D eigenvalue weighted by Crippen LogP contribution is 2.71. The van der Waals surface area contributed by atoms with Crippen molar-refractivity contribution in [3.05, 3.63) is 23.8 Å². The van der Waals surface area contributed by atoms with Gasteiger partial charge in [0, 0.05) is 35.5 Å². The Morgan fingerprint density at radius 3 is 2.45 bits per heavy atom. The second kappa shape index (κ2) is 7.56. The number of carbonyl (C=O) groups is 3. The van der Waals surface area contributed by atoms with Gasteiger partial charge in [-0.1, -0.05) is 33.8 Å². The number of halogens is 2. The van der Waals surface area contributed by atoms with Crippen molar-refractivity contribution in [2.45, 2.75) is 90.3 Å². The van der Waals surface area contributed by atoms with Crippen LogP contribution in [0.15, 0.2) is 23.8 Å². The van der Waals surface area contributed by atoms with Gasteiger partial charge >= 0.3 is 5.97 Å². The van der Waals surface area contributed by atoms with Crippen LogP contribution >= 0.6 is 0 Å². The SMILES string of the molecule is CCC(=O)O[C@]1(C(=O)CC)[C@@H](C)C[C@H]2[C@@H]3C[C@H](F)C4=CC(=O)C=C[C@]4(C)[C@@]3(F)[C@@H](O)C[C@@]21C. The fraction of sp³-hybridized carbons (Fsp3) is 0.731. The fourth-order valence-corrected chi connectivity index (χ4v) is 7.91. The maximum atomic E-state index is 17.2. The molecule has 0 radical (unpaired) electrons. The third-order valence-electron chi connectivity index (χ3n) is 9.47. The van der Waals surface area contributed by atoms with Crippen LogP contribution in [0.2, 0.25) is 0 Å². The van der Waals surface area contributed by atoms with Crippen LogP contribution in [0.4, 0.5) is 8.78 Å². The molecule has 1 N–H and O–H groups in total. The zero-order valence-electron chi connectivity index (χ0n) is 20.0. The predicted octanol–water partition coefficient (Wildman–Crippen LogP) is 4.22. The summed E-state index contributed by atoms with van der Waals surface area (Å²) in [6, 6.07) is 0. The summed E-state index contributed by atoms with van der Waals surface area (Å²) in [5.41, 5.74) is -6.18. The van der Waals surface area contributed by atoms with Gasteiger partial charge in [0.05, 0.1) is 6.10 Å². The maximum absolute atomic E-state index is 17.2. The molecule has 0 saturated heterocycles. The fourth-order valence-electron chi connectivity index (χ4n) is 7.91. The first kappa shape index (κ1) is 24.2. The molecule has 0 spiro atoms. The first-order chi connectivity index (χ1) is 15.3. The summed E-state index contributed by atoms with van der Waals surface area (Å²) < 4.78 is 38.7. The van der Waals surface area contributed by atoms with Crippen molar-refractivity contribution in [1.82, 2.24) is 0 Å². The lowest BCUT2D eigenvalue weighted by molar-refractivity contribution is -0.231. The number of alkyl halides is 2. The Hall–Kier alpha value is -1.89. The van der Waals surface area contributed by atoms with E-state index in [9.17, 15) is 19.5 Å². The number of ketones is 2. The van der Waals surface area contributed by atoms with E-state index in [2.05, 4.69) is 0 Å². The van der Waals surface area contributed by atoms with Gasteiger partial charge in [0.25, 0.3) is 0 Å². The van der Waals surface area contributed by atoms with Crippen molar-refractivity contribution in [1.29, 1.82) is 0 Å². The Kier molecular flexibility index (Phi) is 5.55. The van der Waals surface area contributed by atoms with E-state index in [1.54, 1.807) is 27.7 Å². The lowest BCUT2D eigenvalue weighted by Crippen LogP contribution is -2.70. The first-order valence-electron chi connectivity index (χ1n) is 12.0. The molecule has 4 aliphatic rings. The summed E-state index contributed by atoms with van der Waals surface area (Å²) in [7, 11) is 0.